The van der Waals surface area contributed by atoms with E-state index in [4.69, 9.17) is 0 Å². The average molecular weight is 721 g/mol. The van der Waals surface area contributed by atoms with Gasteiger partial charge in [0.05, 0.1) is 29.2 Å². The van der Waals surface area contributed by atoms with Crippen LogP contribution in [0.25, 0.3) is 0 Å². The van der Waals surface area contributed by atoms with Crippen molar-refractivity contribution in [2.24, 2.45) is 17.8 Å². The Morgan fingerprint density at radius 3 is 2.08 bits per heavy atom. The lowest BCUT2D eigenvalue weighted by atomic mass is 9.65. The first-order chi connectivity index (χ1) is 25.2. The van der Waals surface area contributed by atoms with E-state index < -0.39 is 28.7 Å². The standard InChI is InChI=1S/C43H52N4O4S/c1-6-24-45(28-32-18-14-11-15-19-32)40(49)37-36-26-30(5)43(52-36)38(37)41(50)47(35(29-48)27-31-16-12-10-13-17-31)39(43)42(51)46(25-7-2)34-22-20-33(21-23-34)44(8-3)9-4/h6-7,10-23,30,35-39,48H,1-2,8-9,24-29H2,3-5H3/t30?,35-,36+,37-,38+,39?,43?/m1/s1. The number of hydrogen-bond acceptors (Lipinski definition) is 6. The van der Waals surface area contributed by atoms with Crippen molar-refractivity contribution in [2.45, 2.75) is 62.2 Å². The van der Waals surface area contributed by atoms with Gasteiger partial charge in [-0.25, -0.2) is 0 Å². The summed E-state index contributed by atoms with van der Waals surface area (Å²) in [5, 5.41) is 10.9. The number of aliphatic hydroxyl groups excluding tert-OH is 1. The van der Waals surface area contributed by atoms with Crippen LogP contribution in [-0.2, 0) is 27.3 Å². The number of amides is 3. The number of thioether (sulfide) groups is 1. The monoisotopic (exact) mass is 720 g/mol. The van der Waals surface area contributed by atoms with Crippen LogP contribution in [0.15, 0.2) is 110 Å². The van der Waals surface area contributed by atoms with Crippen molar-refractivity contribution >= 4 is 40.9 Å². The van der Waals surface area contributed by atoms with E-state index in [2.05, 4.69) is 38.8 Å². The molecule has 6 rings (SSSR count). The van der Waals surface area contributed by atoms with Gasteiger partial charge in [-0.2, -0.15) is 0 Å². The van der Waals surface area contributed by atoms with E-state index in [1.54, 1.807) is 38.6 Å². The Balaban J connectivity index is 1.43. The Morgan fingerprint density at radius 1 is 0.904 bits per heavy atom. The van der Waals surface area contributed by atoms with E-state index in [0.717, 1.165) is 42.0 Å². The first kappa shape index (κ1) is 37.4. The smallest absolute Gasteiger partial charge is 0.251 e. The molecule has 9 heteroatoms. The molecule has 3 amide bonds. The highest BCUT2D eigenvalue weighted by molar-refractivity contribution is 8.02. The van der Waals surface area contributed by atoms with Gasteiger partial charge in [0.25, 0.3) is 5.91 Å². The minimum atomic E-state index is -0.891. The molecule has 3 unspecified atom stereocenters. The van der Waals surface area contributed by atoms with Crippen LogP contribution < -0.4 is 9.80 Å². The molecule has 1 spiro atoms. The van der Waals surface area contributed by atoms with Gasteiger partial charge in [-0.05, 0) is 68.0 Å². The van der Waals surface area contributed by atoms with Crippen LogP contribution in [0.2, 0.25) is 0 Å². The molecule has 3 aliphatic heterocycles. The average Bonchev–Trinajstić information content (AvgIpc) is 3.77. The van der Waals surface area contributed by atoms with E-state index in [1.807, 2.05) is 84.9 Å². The largest absolute Gasteiger partial charge is 0.394 e. The maximum absolute atomic E-state index is 15.4. The van der Waals surface area contributed by atoms with Crippen molar-refractivity contribution < 1.29 is 19.5 Å². The fraction of sp³-hybridized carbons (Fsp3) is 0.419. The third-order valence-electron chi connectivity index (χ3n) is 11.4. The predicted molar refractivity (Wildman–Crippen MR) is 211 cm³/mol. The van der Waals surface area contributed by atoms with Crippen molar-refractivity contribution in [2.75, 3.05) is 42.6 Å². The van der Waals surface area contributed by atoms with E-state index in [9.17, 15) is 9.90 Å². The fourth-order valence-corrected chi connectivity index (χ4v) is 11.4. The molecule has 0 aliphatic carbocycles. The topological polar surface area (TPSA) is 84.4 Å². The summed E-state index contributed by atoms with van der Waals surface area (Å²) in [7, 11) is 0. The second-order valence-corrected chi connectivity index (χ2v) is 15.8. The molecule has 3 aliphatic rings. The van der Waals surface area contributed by atoms with Gasteiger partial charge in [0.2, 0.25) is 11.8 Å². The van der Waals surface area contributed by atoms with Gasteiger partial charge in [-0.3, -0.25) is 14.4 Å². The second-order valence-electron chi connectivity index (χ2n) is 14.2. The van der Waals surface area contributed by atoms with Gasteiger partial charge < -0.3 is 24.7 Å². The first-order valence-corrected chi connectivity index (χ1v) is 19.5. The van der Waals surface area contributed by atoms with Crippen LogP contribution in [0, 0.1) is 17.8 Å². The number of nitrogens with zero attached hydrogens (tertiary/aromatic N) is 4. The van der Waals surface area contributed by atoms with Crippen LogP contribution in [0.4, 0.5) is 11.4 Å². The third kappa shape index (κ3) is 6.69. The molecule has 0 aromatic heterocycles. The molecular formula is C43H52N4O4S. The number of rotatable bonds is 16. The number of aliphatic hydroxyl groups is 1. The molecule has 3 saturated heterocycles. The number of likely N-dealkylation sites (tertiary alicyclic amines) is 1. The van der Waals surface area contributed by atoms with Gasteiger partial charge in [0.15, 0.2) is 0 Å². The predicted octanol–water partition coefficient (Wildman–Crippen LogP) is 6.21. The number of benzene rings is 3. The quantitative estimate of drug-likeness (QED) is 0.177. The van der Waals surface area contributed by atoms with E-state index in [-0.39, 0.29) is 42.0 Å². The Bertz CT molecular complexity index is 1730. The van der Waals surface area contributed by atoms with Crippen molar-refractivity contribution in [3.63, 3.8) is 0 Å². The number of fused-ring (bicyclic) bond motifs is 1. The molecule has 2 bridgehead atoms. The lowest BCUT2D eigenvalue weighted by molar-refractivity contribution is -0.145. The summed E-state index contributed by atoms with van der Waals surface area (Å²) in [6.45, 7) is 16.7. The highest BCUT2D eigenvalue weighted by Crippen LogP contribution is 2.69. The maximum Gasteiger partial charge on any atom is 0.251 e. The number of carbonyl (C=O) groups is 3. The normalized spacial score (nSPS) is 25.0. The Kier molecular flexibility index (Phi) is 11.6. The minimum absolute atomic E-state index is 0.0203. The number of hydrogen-bond donors (Lipinski definition) is 1. The van der Waals surface area contributed by atoms with Crippen LogP contribution >= 0.6 is 11.8 Å². The summed E-state index contributed by atoms with van der Waals surface area (Å²) < 4.78 is -0.851. The van der Waals surface area contributed by atoms with Crippen LogP contribution in [-0.4, -0.2) is 87.5 Å². The summed E-state index contributed by atoms with van der Waals surface area (Å²) >= 11 is 1.66. The Labute approximate surface area is 313 Å². The molecular weight excluding hydrogens is 669 g/mol. The highest BCUT2D eigenvalue weighted by atomic mass is 32.2. The van der Waals surface area contributed by atoms with E-state index >= 15 is 9.59 Å². The molecule has 8 nitrogen and oxygen atoms in total. The van der Waals surface area contributed by atoms with Crippen LogP contribution in [0.5, 0.6) is 0 Å². The fourth-order valence-electron chi connectivity index (χ4n) is 8.99. The number of carbonyl (C=O) groups excluding carboxylic acids is 3. The van der Waals surface area contributed by atoms with Gasteiger partial charge >= 0.3 is 0 Å². The zero-order valence-corrected chi connectivity index (χ0v) is 31.5. The summed E-state index contributed by atoms with van der Waals surface area (Å²) in [5.41, 5.74) is 3.75. The maximum atomic E-state index is 15.4. The Morgan fingerprint density at radius 2 is 1.50 bits per heavy atom. The zero-order chi connectivity index (χ0) is 37.0. The van der Waals surface area contributed by atoms with Crippen molar-refractivity contribution in [1.82, 2.24) is 9.80 Å². The molecule has 3 aromatic carbocycles. The summed E-state index contributed by atoms with van der Waals surface area (Å²) in [4.78, 5) is 52.8. The Hall–Kier alpha value is -4.34. The molecule has 0 saturated carbocycles. The lowest BCUT2D eigenvalue weighted by Crippen LogP contribution is -2.59. The zero-order valence-electron chi connectivity index (χ0n) is 30.6. The van der Waals surface area contributed by atoms with Crippen molar-refractivity contribution in [3.8, 4) is 0 Å². The summed E-state index contributed by atoms with van der Waals surface area (Å²) in [5.74, 6) is -1.85. The van der Waals surface area contributed by atoms with Gasteiger partial charge in [0, 0.05) is 49.3 Å². The van der Waals surface area contributed by atoms with Crippen molar-refractivity contribution in [3.05, 3.63) is 121 Å². The molecule has 0 radical (unpaired) electrons. The highest BCUT2D eigenvalue weighted by Gasteiger charge is 2.77. The minimum Gasteiger partial charge on any atom is -0.394 e. The van der Waals surface area contributed by atoms with E-state index in [1.165, 1.54) is 0 Å². The molecule has 274 valence electrons. The van der Waals surface area contributed by atoms with Gasteiger partial charge in [-0.1, -0.05) is 79.7 Å². The molecule has 52 heavy (non-hydrogen) atoms. The van der Waals surface area contributed by atoms with Gasteiger partial charge in [0.1, 0.15) is 6.04 Å². The van der Waals surface area contributed by atoms with Crippen LogP contribution in [0.1, 0.15) is 38.3 Å². The molecule has 3 heterocycles. The summed E-state index contributed by atoms with van der Waals surface area (Å²) in [6.07, 6.45) is 4.55. The second kappa shape index (κ2) is 16.1. The van der Waals surface area contributed by atoms with Crippen LogP contribution in [0.3, 0.4) is 0 Å². The van der Waals surface area contributed by atoms with E-state index in [0.29, 0.717) is 19.5 Å². The lowest BCUT2D eigenvalue weighted by Gasteiger charge is -2.42. The van der Waals surface area contributed by atoms with Gasteiger partial charge in [-0.15, -0.1) is 24.9 Å². The molecule has 3 aromatic rings. The van der Waals surface area contributed by atoms with Crippen molar-refractivity contribution in [1.29, 1.82) is 0 Å². The summed E-state index contributed by atoms with van der Waals surface area (Å²) in [6, 6.07) is 26.1. The SMILES string of the molecule is C=CCN(Cc1ccccc1)C(=O)[C@@H]1[C@@H]2CC(C)C3(S2)C(C(=O)N(CC=C)c2ccc(N(CC)CC)cc2)N([C@@H](CO)Cc2ccccc2)C(=O)[C@H]13. The molecule has 7 atom stereocenters. The molecule has 1 N–H and O–H groups in total. The molecule has 3 fully saturated rings. The third-order valence-corrected chi connectivity index (χ3v) is 13.4. The number of anilines is 2. The first-order valence-electron chi connectivity index (χ1n) is 18.6.